The quantitative estimate of drug-likeness (QED) is 0.594. The van der Waals surface area contributed by atoms with E-state index in [4.69, 9.17) is 29.6 Å². The molecule has 0 aromatic heterocycles. The lowest BCUT2D eigenvalue weighted by Gasteiger charge is -2.18. The number of nitrogens with two attached hydrogens (primary N) is 1. The van der Waals surface area contributed by atoms with E-state index in [-0.39, 0.29) is 5.91 Å². The first-order valence-electron chi connectivity index (χ1n) is 6.03. The van der Waals surface area contributed by atoms with Gasteiger partial charge in [0, 0.05) is 27.4 Å². The lowest BCUT2D eigenvalue weighted by Crippen LogP contribution is -2.26. The Bertz CT molecular complexity index is 703. The summed E-state index contributed by atoms with van der Waals surface area (Å²) in [5.74, 6) is -0.128. The van der Waals surface area contributed by atoms with Crippen LogP contribution in [0.1, 0.15) is 15.9 Å². The molecule has 0 aliphatic carbocycles. The number of anilines is 1. The van der Waals surface area contributed by atoms with Crippen molar-refractivity contribution in [3.63, 3.8) is 0 Å². The Labute approximate surface area is 147 Å². The van der Waals surface area contributed by atoms with Crippen LogP contribution in [0.4, 0.5) is 5.69 Å². The maximum atomic E-state index is 12.4. The number of benzene rings is 2. The van der Waals surface area contributed by atoms with Gasteiger partial charge in [0.05, 0.1) is 5.02 Å². The fourth-order valence-electron chi connectivity index (χ4n) is 1.79. The number of rotatable bonds is 3. The van der Waals surface area contributed by atoms with Crippen LogP contribution >= 0.6 is 46.4 Å². The Kier molecular flexibility index (Phi) is 5.18. The molecule has 0 bridgehead atoms. The van der Waals surface area contributed by atoms with E-state index in [1.165, 1.54) is 0 Å². The topological polar surface area (TPSA) is 46.3 Å². The molecule has 1 amide bonds. The fourth-order valence-corrected chi connectivity index (χ4v) is 2.44. The number of halogens is 2. The summed E-state index contributed by atoms with van der Waals surface area (Å²) >= 11 is 13.1. The molecule has 3 nitrogen and oxygen atoms in total. The molecular formula is C15H12ClIN2OS. The molecule has 0 atom stereocenters. The lowest BCUT2D eigenvalue weighted by molar-refractivity contribution is 0.0993. The van der Waals surface area contributed by atoms with Gasteiger partial charge < -0.3 is 10.6 Å². The summed E-state index contributed by atoms with van der Waals surface area (Å²) in [6.45, 7) is 0. The molecule has 2 rings (SSSR count). The molecule has 2 aromatic rings. The number of hydrogen-bond acceptors (Lipinski definition) is 2. The number of carbonyl (C=O) groups is 1. The van der Waals surface area contributed by atoms with Crippen LogP contribution in [0.15, 0.2) is 42.5 Å². The van der Waals surface area contributed by atoms with Crippen molar-refractivity contribution in [2.75, 3.05) is 11.9 Å². The molecule has 2 aromatic carbocycles. The maximum Gasteiger partial charge on any atom is 0.258 e. The second kappa shape index (κ2) is 6.72. The van der Waals surface area contributed by atoms with Crippen LogP contribution in [0.5, 0.6) is 0 Å². The minimum atomic E-state index is -0.128. The number of thiocarbonyl (C=S) groups is 1. The molecular weight excluding hydrogens is 419 g/mol. The standard InChI is InChI=1S/C15H12ClIN2OS/c1-19(11-5-2-9(3-6-11)14(18)21)15(20)10-4-7-13(17)12(16)8-10/h2-8H,1H3,(H2,18,21). The maximum absolute atomic E-state index is 12.4. The van der Waals surface area contributed by atoms with Crippen LogP contribution in [-0.2, 0) is 0 Å². The van der Waals surface area contributed by atoms with E-state index in [9.17, 15) is 4.79 Å². The van der Waals surface area contributed by atoms with Crippen molar-refractivity contribution in [3.8, 4) is 0 Å². The average molecular weight is 431 g/mol. The summed E-state index contributed by atoms with van der Waals surface area (Å²) in [7, 11) is 1.71. The van der Waals surface area contributed by atoms with Crippen LogP contribution in [-0.4, -0.2) is 17.9 Å². The van der Waals surface area contributed by atoms with Gasteiger partial charge in [-0.2, -0.15) is 0 Å². The van der Waals surface area contributed by atoms with Crippen LogP contribution in [0.2, 0.25) is 5.02 Å². The Morgan fingerprint density at radius 3 is 2.29 bits per heavy atom. The SMILES string of the molecule is CN(C(=O)c1ccc(I)c(Cl)c1)c1ccc(C(N)=S)cc1. The third-order valence-corrected chi connectivity index (χ3v) is 4.82. The Balaban J connectivity index is 2.25. The van der Waals surface area contributed by atoms with Crippen LogP contribution in [0.25, 0.3) is 0 Å². The highest BCUT2D eigenvalue weighted by atomic mass is 127. The number of hydrogen-bond donors (Lipinski definition) is 1. The third kappa shape index (κ3) is 3.72. The van der Waals surface area contributed by atoms with Crippen molar-refractivity contribution in [1.29, 1.82) is 0 Å². The molecule has 0 unspecified atom stereocenters. The second-order valence-corrected chi connectivity index (χ2v) is 6.41. The van der Waals surface area contributed by atoms with E-state index >= 15 is 0 Å². The molecule has 0 fully saturated rings. The predicted octanol–water partition coefficient (Wildman–Crippen LogP) is 3.86. The van der Waals surface area contributed by atoms with Gasteiger partial charge in [-0.1, -0.05) is 23.8 Å². The normalized spacial score (nSPS) is 10.2. The summed E-state index contributed by atoms with van der Waals surface area (Å²) in [6, 6.07) is 12.5. The average Bonchev–Trinajstić information content (AvgIpc) is 2.48. The van der Waals surface area contributed by atoms with Crippen molar-refractivity contribution in [1.82, 2.24) is 0 Å². The molecule has 108 valence electrons. The van der Waals surface area contributed by atoms with Crippen molar-refractivity contribution in [3.05, 3.63) is 62.2 Å². The number of carbonyl (C=O) groups excluding carboxylic acids is 1. The van der Waals surface area contributed by atoms with Crippen LogP contribution < -0.4 is 10.6 Å². The van der Waals surface area contributed by atoms with Crippen LogP contribution in [0.3, 0.4) is 0 Å². The molecule has 21 heavy (non-hydrogen) atoms. The van der Waals surface area contributed by atoms with E-state index < -0.39 is 0 Å². The highest BCUT2D eigenvalue weighted by Crippen LogP contribution is 2.22. The highest BCUT2D eigenvalue weighted by molar-refractivity contribution is 14.1. The largest absolute Gasteiger partial charge is 0.389 e. The molecule has 0 saturated heterocycles. The van der Waals surface area contributed by atoms with Gasteiger partial charge >= 0.3 is 0 Å². The molecule has 0 heterocycles. The van der Waals surface area contributed by atoms with Gasteiger partial charge in [-0.15, -0.1) is 0 Å². The summed E-state index contributed by atoms with van der Waals surface area (Å²) < 4.78 is 0.911. The summed E-state index contributed by atoms with van der Waals surface area (Å²) in [5, 5.41) is 0.568. The minimum absolute atomic E-state index is 0.128. The van der Waals surface area contributed by atoms with E-state index in [2.05, 4.69) is 22.6 Å². The van der Waals surface area contributed by atoms with Gasteiger partial charge in [0.25, 0.3) is 5.91 Å². The Hall–Kier alpha value is -1.18. The predicted molar refractivity (Wildman–Crippen MR) is 99.2 cm³/mol. The molecule has 6 heteroatoms. The molecule has 2 N–H and O–H groups in total. The van der Waals surface area contributed by atoms with E-state index in [0.717, 1.165) is 14.8 Å². The molecule has 0 aliphatic heterocycles. The van der Waals surface area contributed by atoms with Gasteiger partial charge in [0.1, 0.15) is 4.99 Å². The minimum Gasteiger partial charge on any atom is -0.389 e. The molecule has 0 aliphatic rings. The zero-order valence-corrected chi connectivity index (χ0v) is 14.9. The lowest BCUT2D eigenvalue weighted by atomic mass is 10.1. The van der Waals surface area contributed by atoms with Gasteiger partial charge in [-0.05, 0) is 65.1 Å². The number of amides is 1. The van der Waals surface area contributed by atoms with E-state index in [0.29, 0.717) is 15.6 Å². The Morgan fingerprint density at radius 2 is 1.76 bits per heavy atom. The van der Waals surface area contributed by atoms with Gasteiger partial charge in [0.2, 0.25) is 0 Å². The smallest absolute Gasteiger partial charge is 0.258 e. The van der Waals surface area contributed by atoms with Crippen molar-refractivity contribution >= 4 is 63.0 Å². The first-order valence-corrected chi connectivity index (χ1v) is 7.89. The molecule has 0 radical (unpaired) electrons. The van der Waals surface area contributed by atoms with Crippen molar-refractivity contribution in [2.24, 2.45) is 5.73 Å². The van der Waals surface area contributed by atoms with Crippen LogP contribution in [0, 0.1) is 3.57 Å². The van der Waals surface area contributed by atoms with Gasteiger partial charge in [-0.3, -0.25) is 4.79 Å². The molecule has 0 spiro atoms. The second-order valence-electron chi connectivity index (χ2n) is 4.40. The zero-order chi connectivity index (χ0) is 15.6. The Morgan fingerprint density at radius 1 is 1.19 bits per heavy atom. The number of nitrogens with zero attached hydrogens (tertiary/aromatic N) is 1. The molecule has 0 saturated carbocycles. The summed E-state index contributed by atoms with van der Waals surface area (Å²) in [4.78, 5) is 14.3. The summed E-state index contributed by atoms with van der Waals surface area (Å²) in [6.07, 6.45) is 0. The fraction of sp³-hybridized carbons (Fsp3) is 0.0667. The first-order chi connectivity index (χ1) is 9.90. The van der Waals surface area contributed by atoms with Gasteiger partial charge in [-0.25, -0.2) is 0 Å². The monoisotopic (exact) mass is 430 g/mol. The highest BCUT2D eigenvalue weighted by Gasteiger charge is 2.14. The zero-order valence-electron chi connectivity index (χ0n) is 11.1. The first kappa shape index (κ1) is 16.2. The van der Waals surface area contributed by atoms with Crippen molar-refractivity contribution in [2.45, 2.75) is 0 Å². The van der Waals surface area contributed by atoms with E-state index in [1.807, 2.05) is 6.07 Å². The van der Waals surface area contributed by atoms with Crippen molar-refractivity contribution < 1.29 is 4.79 Å². The van der Waals surface area contributed by atoms with Gasteiger partial charge in [0.15, 0.2) is 0 Å². The third-order valence-electron chi connectivity index (χ3n) is 3.01. The summed E-state index contributed by atoms with van der Waals surface area (Å²) in [5.41, 5.74) is 7.63. The van der Waals surface area contributed by atoms with E-state index in [1.54, 1.807) is 48.3 Å².